The Morgan fingerprint density at radius 3 is 2.34 bits per heavy atom. The van der Waals surface area contributed by atoms with Crippen LogP contribution in [0.25, 0.3) is 11.0 Å². The minimum absolute atomic E-state index is 0.299. The molecule has 224 valence electrons. The minimum Gasteiger partial charge on any atom is -0.497 e. The molecule has 5 heterocycles. The third kappa shape index (κ3) is 5.15. The van der Waals surface area contributed by atoms with Gasteiger partial charge in [-0.15, -0.1) is 0 Å². The number of benzene rings is 3. The zero-order chi connectivity index (χ0) is 29.5. The van der Waals surface area contributed by atoms with Gasteiger partial charge in [-0.1, -0.05) is 48.5 Å². The maximum atomic E-state index is 5.59. The van der Waals surface area contributed by atoms with Gasteiger partial charge in [0.1, 0.15) is 11.6 Å². The van der Waals surface area contributed by atoms with Crippen LogP contribution in [-0.4, -0.2) is 71.3 Å². The van der Waals surface area contributed by atoms with Crippen molar-refractivity contribution in [3.05, 3.63) is 95.2 Å². The summed E-state index contributed by atoms with van der Waals surface area (Å²) in [6.07, 6.45) is 0.864. The standard InChI is InChI=1S/C34H35N7O3/c1-42-27-10-7-25(8-11-27)21-40-14-13-28-31-32(40)35-34(36-33(31)41(37-28)22-24-5-3-2-4-6-24)39-17-15-38(16-18-39)20-26-9-12-29-30(19-26)44-23-43-29/h2-12,19H,13-18,20-23H2,1H3. The van der Waals surface area contributed by atoms with Crippen molar-refractivity contribution in [3.63, 3.8) is 0 Å². The second kappa shape index (κ2) is 11.3. The Morgan fingerprint density at radius 2 is 1.52 bits per heavy atom. The first-order chi connectivity index (χ1) is 21.7. The number of aromatic nitrogens is 4. The lowest BCUT2D eigenvalue weighted by atomic mass is 10.1. The Morgan fingerprint density at radius 1 is 0.750 bits per heavy atom. The van der Waals surface area contributed by atoms with E-state index in [2.05, 4.69) is 67.9 Å². The maximum Gasteiger partial charge on any atom is 0.231 e. The number of hydrogen-bond acceptors (Lipinski definition) is 9. The number of hydrogen-bond donors (Lipinski definition) is 0. The van der Waals surface area contributed by atoms with Gasteiger partial charge in [-0.3, -0.25) is 4.90 Å². The lowest BCUT2D eigenvalue weighted by Crippen LogP contribution is -2.46. The zero-order valence-electron chi connectivity index (χ0n) is 24.9. The lowest BCUT2D eigenvalue weighted by Gasteiger charge is -2.35. The predicted octanol–water partition coefficient (Wildman–Crippen LogP) is 4.50. The van der Waals surface area contributed by atoms with Gasteiger partial charge in [-0.05, 0) is 41.0 Å². The Balaban J connectivity index is 1.08. The van der Waals surface area contributed by atoms with Crippen LogP contribution in [0.2, 0.25) is 0 Å². The molecule has 3 aliphatic heterocycles. The number of fused-ring (bicyclic) bond motifs is 1. The molecule has 0 unspecified atom stereocenters. The third-order valence-corrected chi connectivity index (χ3v) is 8.76. The Bertz CT molecular complexity index is 1780. The van der Waals surface area contributed by atoms with Crippen molar-refractivity contribution in [1.82, 2.24) is 24.6 Å². The van der Waals surface area contributed by atoms with E-state index in [1.165, 1.54) is 16.7 Å². The largest absolute Gasteiger partial charge is 0.497 e. The molecule has 0 amide bonds. The molecule has 8 rings (SSSR count). The van der Waals surface area contributed by atoms with E-state index in [1.54, 1.807) is 7.11 Å². The molecule has 10 heteroatoms. The summed E-state index contributed by atoms with van der Waals surface area (Å²) >= 11 is 0. The highest BCUT2D eigenvalue weighted by Gasteiger charge is 2.29. The van der Waals surface area contributed by atoms with Crippen LogP contribution in [0, 0.1) is 0 Å². The van der Waals surface area contributed by atoms with E-state index in [1.807, 2.05) is 24.3 Å². The highest BCUT2D eigenvalue weighted by Crippen LogP contribution is 2.36. The Hall–Kier alpha value is -4.83. The van der Waals surface area contributed by atoms with Gasteiger partial charge in [0.2, 0.25) is 12.7 Å². The summed E-state index contributed by atoms with van der Waals surface area (Å²) in [6, 6.07) is 25.0. The second-order valence-corrected chi connectivity index (χ2v) is 11.6. The highest BCUT2D eigenvalue weighted by atomic mass is 16.7. The van der Waals surface area contributed by atoms with Gasteiger partial charge in [0.05, 0.1) is 24.7 Å². The number of nitrogens with zero attached hydrogens (tertiary/aromatic N) is 7. The summed E-state index contributed by atoms with van der Waals surface area (Å²) in [5, 5.41) is 6.15. The Labute approximate surface area is 256 Å². The van der Waals surface area contributed by atoms with Gasteiger partial charge in [0, 0.05) is 52.2 Å². The van der Waals surface area contributed by atoms with E-state index >= 15 is 0 Å². The molecule has 0 saturated carbocycles. The number of ether oxygens (including phenoxy) is 3. The van der Waals surface area contributed by atoms with E-state index in [0.717, 1.165) is 98.0 Å². The summed E-state index contributed by atoms with van der Waals surface area (Å²) < 4.78 is 18.5. The molecule has 0 aliphatic carbocycles. The molecule has 5 aromatic rings. The average Bonchev–Trinajstić information content (AvgIpc) is 3.68. The molecule has 0 spiro atoms. The summed E-state index contributed by atoms with van der Waals surface area (Å²) in [6.45, 7) is 7.03. The highest BCUT2D eigenvalue weighted by molar-refractivity contribution is 5.92. The van der Waals surface area contributed by atoms with E-state index < -0.39 is 0 Å². The van der Waals surface area contributed by atoms with Crippen LogP contribution in [-0.2, 0) is 26.1 Å². The zero-order valence-corrected chi connectivity index (χ0v) is 24.9. The van der Waals surface area contributed by atoms with Crippen LogP contribution < -0.4 is 24.0 Å². The van der Waals surface area contributed by atoms with Crippen molar-refractivity contribution >= 4 is 22.8 Å². The summed E-state index contributed by atoms with van der Waals surface area (Å²) in [7, 11) is 1.70. The molecule has 3 aliphatic rings. The SMILES string of the molecule is COc1ccc(CN2CCc3nn(Cc4ccccc4)c4nc(N5CCN(Cc6ccc7c(c6)OCO7)CC5)nc2c34)cc1. The molecule has 0 N–H and O–H groups in total. The average molecular weight is 590 g/mol. The van der Waals surface area contributed by atoms with Crippen molar-refractivity contribution in [2.75, 3.05) is 56.4 Å². The molecule has 1 saturated heterocycles. The normalized spacial score (nSPS) is 16.1. The summed E-state index contributed by atoms with van der Waals surface area (Å²) in [4.78, 5) is 17.6. The van der Waals surface area contributed by atoms with E-state index in [4.69, 9.17) is 29.3 Å². The number of piperazine rings is 1. The van der Waals surface area contributed by atoms with Crippen LogP contribution >= 0.6 is 0 Å². The summed E-state index contributed by atoms with van der Waals surface area (Å²) in [5.74, 6) is 4.27. The quantitative estimate of drug-likeness (QED) is 0.260. The van der Waals surface area contributed by atoms with Crippen LogP contribution in [0.1, 0.15) is 22.4 Å². The van der Waals surface area contributed by atoms with E-state index in [0.29, 0.717) is 13.3 Å². The molecule has 44 heavy (non-hydrogen) atoms. The Kier molecular flexibility index (Phi) is 6.90. The van der Waals surface area contributed by atoms with Gasteiger partial charge in [-0.25, -0.2) is 4.68 Å². The topological polar surface area (TPSA) is 81.0 Å². The van der Waals surface area contributed by atoms with Crippen molar-refractivity contribution < 1.29 is 14.2 Å². The molecule has 0 bridgehead atoms. The monoisotopic (exact) mass is 589 g/mol. The molecule has 0 radical (unpaired) electrons. The first-order valence-electron chi connectivity index (χ1n) is 15.3. The minimum atomic E-state index is 0.299. The van der Waals surface area contributed by atoms with E-state index in [-0.39, 0.29) is 0 Å². The second-order valence-electron chi connectivity index (χ2n) is 11.6. The number of rotatable bonds is 8. The molecule has 3 aromatic carbocycles. The van der Waals surface area contributed by atoms with Gasteiger partial charge in [0.25, 0.3) is 0 Å². The fourth-order valence-electron chi connectivity index (χ4n) is 6.38. The van der Waals surface area contributed by atoms with Crippen LogP contribution in [0.5, 0.6) is 17.2 Å². The summed E-state index contributed by atoms with van der Waals surface area (Å²) in [5.41, 5.74) is 5.65. The molecular formula is C34H35N7O3. The van der Waals surface area contributed by atoms with E-state index in [9.17, 15) is 0 Å². The van der Waals surface area contributed by atoms with Crippen molar-refractivity contribution in [2.24, 2.45) is 0 Å². The van der Waals surface area contributed by atoms with Gasteiger partial charge in [0.15, 0.2) is 17.1 Å². The molecule has 1 fully saturated rings. The first kappa shape index (κ1) is 26.8. The van der Waals surface area contributed by atoms with Gasteiger partial charge in [-0.2, -0.15) is 15.1 Å². The number of anilines is 2. The third-order valence-electron chi connectivity index (χ3n) is 8.76. The lowest BCUT2D eigenvalue weighted by molar-refractivity contribution is 0.174. The molecule has 0 atom stereocenters. The van der Waals surface area contributed by atoms with Crippen molar-refractivity contribution in [3.8, 4) is 17.2 Å². The van der Waals surface area contributed by atoms with Crippen LogP contribution in [0.3, 0.4) is 0 Å². The fraction of sp³-hybridized carbons (Fsp3) is 0.324. The van der Waals surface area contributed by atoms with Crippen molar-refractivity contribution in [1.29, 1.82) is 0 Å². The molecular weight excluding hydrogens is 554 g/mol. The smallest absolute Gasteiger partial charge is 0.231 e. The first-order valence-corrected chi connectivity index (χ1v) is 15.3. The van der Waals surface area contributed by atoms with Crippen LogP contribution in [0.4, 0.5) is 11.8 Å². The number of methoxy groups -OCH3 is 1. The van der Waals surface area contributed by atoms with Crippen molar-refractivity contribution in [2.45, 2.75) is 26.1 Å². The molecule has 10 nitrogen and oxygen atoms in total. The fourth-order valence-corrected chi connectivity index (χ4v) is 6.38. The van der Waals surface area contributed by atoms with Crippen LogP contribution in [0.15, 0.2) is 72.8 Å². The molecule has 2 aromatic heterocycles. The maximum absolute atomic E-state index is 5.59. The van der Waals surface area contributed by atoms with Gasteiger partial charge >= 0.3 is 0 Å². The predicted molar refractivity (Wildman–Crippen MR) is 169 cm³/mol. The van der Waals surface area contributed by atoms with Gasteiger partial charge < -0.3 is 24.0 Å².